The summed E-state index contributed by atoms with van der Waals surface area (Å²) in [6, 6.07) is 5.05. The Labute approximate surface area is 193 Å². The van der Waals surface area contributed by atoms with Crippen molar-refractivity contribution >= 4 is 34.9 Å². The Morgan fingerprint density at radius 3 is 2.65 bits per heavy atom. The van der Waals surface area contributed by atoms with Crippen LogP contribution in [0.3, 0.4) is 0 Å². The highest BCUT2D eigenvalue weighted by atomic mass is 35.5. The molecule has 7 nitrogen and oxygen atoms in total. The molecule has 0 radical (unpaired) electrons. The maximum absolute atomic E-state index is 12.6. The highest BCUT2D eigenvalue weighted by Crippen LogP contribution is 2.25. The van der Waals surface area contributed by atoms with E-state index >= 15 is 0 Å². The van der Waals surface area contributed by atoms with Gasteiger partial charge in [0, 0.05) is 70.3 Å². The molecule has 168 valence electrons. The fraction of sp³-hybridized carbons (Fsp3) is 0.545. The van der Waals surface area contributed by atoms with Gasteiger partial charge in [0.15, 0.2) is 0 Å². The molecule has 0 saturated carbocycles. The van der Waals surface area contributed by atoms with Gasteiger partial charge in [-0.2, -0.15) is 5.10 Å². The Hall–Kier alpha value is -1.80. The number of benzene rings is 1. The fourth-order valence-corrected chi connectivity index (χ4v) is 4.83. The van der Waals surface area contributed by atoms with Crippen molar-refractivity contribution in [3.05, 3.63) is 46.2 Å². The average Bonchev–Trinajstić information content (AvgIpc) is 3.16. The molecule has 2 fully saturated rings. The van der Waals surface area contributed by atoms with E-state index in [0.717, 1.165) is 52.4 Å². The SMILES string of the molecule is Cn1cc(CN2CCC[C@@H](CN3CCN(C(=O)Nc4ccc(Cl)c(Cl)c4)CC3)C2)cn1. The normalized spacial score (nSPS) is 20.7. The van der Waals surface area contributed by atoms with E-state index in [0.29, 0.717) is 21.7 Å². The van der Waals surface area contributed by atoms with Crippen molar-refractivity contribution in [2.75, 3.05) is 51.1 Å². The first kappa shape index (κ1) is 22.4. The number of hydrogen-bond donors (Lipinski definition) is 1. The van der Waals surface area contributed by atoms with Gasteiger partial charge < -0.3 is 10.2 Å². The number of nitrogens with zero attached hydrogens (tertiary/aromatic N) is 5. The number of hydrogen-bond acceptors (Lipinski definition) is 4. The van der Waals surface area contributed by atoms with Crippen LogP contribution in [0.25, 0.3) is 0 Å². The fourth-order valence-electron chi connectivity index (χ4n) is 4.53. The third-order valence-corrected chi connectivity index (χ3v) is 6.85. The number of piperidine rings is 1. The molecule has 1 atom stereocenters. The van der Waals surface area contributed by atoms with E-state index in [1.165, 1.54) is 18.4 Å². The number of halogens is 2. The molecule has 0 aliphatic carbocycles. The summed E-state index contributed by atoms with van der Waals surface area (Å²) in [5, 5.41) is 8.12. The quantitative estimate of drug-likeness (QED) is 0.730. The van der Waals surface area contributed by atoms with Crippen molar-refractivity contribution in [2.24, 2.45) is 13.0 Å². The van der Waals surface area contributed by atoms with Crippen LogP contribution in [0.2, 0.25) is 10.0 Å². The van der Waals surface area contributed by atoms with Crippen molar-refractivity contribution in [2.45, 2.75) is 19.4 Å². The summed E-state index contributed by atoms with van der Waals surface area (Å²) in [5.41, 5.74) is 1.95. The largest absolute Gasteiger partial charge is 0.322 e. The first-order valence-corrected chi connectivity index (χ1v) is 11.6. The van der Waals surface area contributed by atoms with Gasteiger partial charge in [-0.05, 0) is 43.5 Å². The van der Waals surface area contributed by atoms with Crippen LogP contribution < -0.4 is 5.32 Å². The number of aryl methyl sites for hydroxylation is 1. The molecule has 2 amide bonds. The molecule has 0 bridgehead atoms. The van der Waals surface area contributed by atoms with Crippen molar-refractivity contribution in [3.8, 4) is 0 Å². The van der Waals surface area contributed by atoms with Crippen LogP contribution in [0.5, 0.6) is 0 Å². The van der Waals surface area contributed by atoms with Gasteiger partial charge in [-0.25, -0.2) is 4.79 Å². The molecule has 1 aromatic heterocycles. The molecule has 2 aliphatic heterocycles. The van der Waals surface area contributed by atoms with E-state index in [4.69, 9.17) is 23.2 Å². The first-order chi connectivity index (χ1) is 15.0. The maximum Gasteiger partial charge on any atom is 0.321 e. The maximum atomic E-state index is 12.6. The Morgan fingerprint density at radius 1 is 1.13 bits per heavy atom. The second-order valence-electron chi connectivity index (χ2n) is 8.61. The van der Waals surface area contributed by atoms with Crippen LogP contribution in [0.4, 0.5) is 10.5 Å². The highest BCUT2D eigenvalue weighted by Gasteiger charge is 2.26. The van der Waals surface area contributed by atoms with E-state index < -0.39 is 0 Å². The molecule has 1 N–H and O–H groups in total. The average molecular weight is 465 g/mol. The summed E-state index contributed by atoms with van der Waals surface area (Å²) in [6.45, 7) is 7.67. The molecule has 2 aliphatic rings. The Bertz CT molecular complexity index is 896. The summed E-state index contributed by atoms with van der Waals surface area (Å²) in [4.78, 5) is 19.5. The molecular formula is C22H30Cl2N6O. The van der Waals surface area contributed by atoms with Gasteiger partial charge in [-0.3, -0.25) is 14.5 Å². The standard InChI is InChI=1S/C22H30Cl2N6O/c1-27-13-18(12-25-27)16-29-6-2-3-17(15-29)14-28-7-9-30(10-8-28)22(31)26-19-4-5-20(23)21(24)11-19/h4-5,11-13,17H,2-3,6-10,14-16H2,1H3,(H,26,31)/t17-/m0/s1. The molecule has 0 spiro atoms. The minimum Gasteiger partial charge on any atom is -0.322 e. The predicted molar refractivity (Wildman–Crippen MR) is 125 cm³/mol. The van der Waals surface area contributed by atoms with Crippen LogP contribution in [0.1, 0.15) is 18.4 Å². The molecular weight excluding hydrogens is 435 g/mol. The summed E-state index contributed by atoms with van der Waals surface area (Å²) in [5.74, 6) is 0.682. The van der Waals surface area contributed by atoms with Crippen LogP contribution in [-0.4, -0.2) is 76.3 Å². The zero-order valence-electron chi connectivity index (χ0n) is 17.9. The number of anilines is 1. The van der Waals surface area contributed by atoms with E-state index in [9.17, 15) is 4.79 Å². The van der Waals surface area contributed by atoms with Crippen LogP contribution in [-0.2, 0) is 13.6 Å². The number of carbonyl (C=O) groups is 1. The van der Waals surface area contributed by atoms with Gasteiger partial charge in [0.1, 0.15) is 0 Å². The lowest BCUT2D eigenvalue weighted by atomic mass is 9.97. The van der Waals surface area contributed by atoms with Gasteiger partial charge in [-0.1, -0.05) is 23.2 Å². The number of likely N-dealkylation sites (tertiary alicyclic amines) is 1. The topological polar surface area (TPSA) is 56.6 Å². The van der Waals surface area contributed by atoms with E-state index in [2.05, 4.69) is 26.4 Å². The van der Waals surface area contributed by atoms with Crippen LogP contribution in [0.15, 0.2) is 30.6 Å². The van der Waals surface area contributed by atoms with Gasteiger partial charge in [0.25, 0.3) is 0 Å². The third-order valence-electron chi connectivity index (χ3n) is 6.11. The lowest BCUT2D eigenvalue weighted by Crippen LogP contribution is -2.52. The first-order valence-electron chi connectivity index (χ1n) is 10.9. The smallest absolute Gasteiger partial charge is 0.321 e. The van der Waals surface area contributed by atoms with E-state index in [1.54, 1.807) is 18.2 Å². The zero-order valence-corrected chi connectivity index (χ0v) is 19.4. The summed E-state index contributed by atoms with van der Waals surface area (Å²) < 4.78 is 1.87. The lowest BCUT2D eigenvalue weighted by Gasteiger charge is -2.39. The van der Waals surface area contributed by atoms with Crippen LogP contribution >= 0.6 is 23.2 Å². The second kappa shape index (κ2) is 10.2. The van der Waals surface area contributed by atoms with Gasteiger partial charge >= 0.3 is 6.03 Å². The molecule has 0 unspecified atom stereocenters. The highest BCUT2D eigenvalue weighted by molar-refractivity contribution is 6.42. The molecule has 9 heteroatoms. The number of urea groups is 1. The molecule has 1 aromatic carbocycles. The number of rotatable bonds is 5. The minimum atomic E-state index is -0.0849. The van der Waals surface area contributed by atoms with Crippen molar-refractivity contribution < 1.29 is 4.79 Å². The Morgan fingerprint density at radius 2 is 1.94 bits per heavy atom. The Kier molecular flexibility index (Phi) is 7.38. The number of amides is 2. The van der Waals surface area contributed by atoms with E-state index in [1.807, 2.05) is 22.8 Å². The number of aromatic nitrogens is 2. The summed E-state index contributed by atoms with van der Waals surface area (Å²) >= 11 is 12.0. The van der Waals surface area contributed by atoms with Gasteiger partial charge in [0.05, 0.1) is 16.2 Å². The van der Waals surface area contributed by atoms with Crippen LogP contribution in [0, 0.1) is 5.92 Å². The van der Waals surface area contributed by atoms with Crippen molar-refractivity contribution in [3.63, 3.8) is 0 Å². The molecule has 2 aromatic rings. The lowest BCUT2D eigenvalue weighted by molar-refractivity contribution is 0.0984. The number of nitrogens with one attached hydrogen (secondary N) is 1. The van der Waals surface area contributed by atoms with Crippen molar-refractivity contribution in [1.29, 1.82) is 0 Å². The predicted octanol–water partition coefficient (Wildman–Crippen LogP) is 3.79. The van der Waals surface area contributed by atoms with Gasteiger partial charge in [0.2, 0.25) is 0 Å². The number of piperazine rings is 1. The van der Waals surface area contributed by atoms with E-state index in [-0.39, 0.29) is 6.03 Å². The molecule has 3 heterocycles. The molecule has 4 rings (SSSR count). The minimum absolute atomic E-state index is 0.0849. The molecule has 2 saturated heterocycles. The zero-order chi connectivity index (χ0) is 21.8. The summed E-state index contributed by atoms with van der Waals surface area (Å²) in [6.07, 6.45) is 6.59. The molecule has 31 heavy (non-hydrogen) atoms. The second-order valence-corrected chi connectivity index (χ2v) is 9.43. The summed E-state index contributed by atoms with van der Waals surface area (Å²) in [7, 11) is 1.97. The monoisotopic (exact) mass is 464 g/mol. The van der Waals surface area contributed by atoms with Gasteiger partial charge in [-0.15, -0.1) is 0 Å². The Balaban J connectivity index is 1.21. The third kappa shape index (κ3) is 6.13. The number of carbonyl (C=O) groups excluding carboxylic acids is 1. The van der Waals surface area contributed by atoms with Crippen molar-refractivity contribution in [1.82, 2.24) is 24.5 Å².